The number of anilines is 1. The van der Waals surface area contributed by atoms with Gasteiger partial charge in [-0.1, -0.05) is 18.2 Å². The summed E-state index contributed by atoms with van der Waals surface area (Å²) >= 11 is 0. The van der Waals surface area contributed by atoms with Gasteiger partial charge >= 0.3 is 0 Å². The van der Waals surface area contributed by atoms with E-state index in [4.69, 9.17) is 10.5 Å². The fourth-order valence-electron chi connectivity index (χ4n) is 2.77. The molecule has 18 heavy (non-hydrogen) atoms. The zero-order valence-corrected chi connectivity index (χ0v) is 10.4. The quantitative estimate of drug-likeness (QED) is 0.807. The average molecular weight is 246 g/mol. The Labute approximate surface area is 107 Å². The Kier molecular flexibility index (Phi) is 2.84. The number of para-hydroxylation sites is 1. The summed E-state index contributed by atoms with van der Waals surface area (Å²) in [6, 6.07) is 8.07. The molecule has 4 nitrogen and oxygen atoms in total. The Bertz CT molecular complexity index is 467. The summed E-state index contributed by atoms with van der Waals surface area (Å²) in [7, 11) is 0. The zero-order valence-electron chi connectivity index (χ0n) is 10.4. The summed E-state index contributed by atoms with van der Waals surface area (Å²) in [6.45, 7) is 1.91. The van der Waals surface area contributed by atoms with Gasteiger partial charge in [-0.25, -0.2) is 0 Å². The van der Waals surface area contributed by atoms with E-state index in [1.165, 1.54) is 5.56 Å². The molecule has 0 unspecified atom stereocenters. The van der Waals surface area contributed by atoms with E-state index in [-0.39, 0.29) is 5.91 Å². The summed E-state index contributed by atoms with van der Waals surface area (Å²) in [5.74, 6) is 0.0516. The molecule has 1 fully saturated rings. The fourth-order valence-corrected chi connectivity index (χ4v) is 2.77. The predicted octanol–water partition coefficient (Wildman–Crippen LogP) is 1.08. The number of carbonyl (C=O) groups is 1. The fraction of sp³-hybridized carbons (Fsp3) is 0.500. The van der Waals surface area contributed by atoms with Crippen molar-refractivity contribution in [2.75, 3.05) is 24.7 Å². The van der Waals surface area contributed by atoms with Crippen LogP contribution in [0.1, 0.15) is 18.4 Å². The van der Waals surface area contributed by atoms with Gasteiger partial charge in [-0.15, -0.1) is 0 Å². The molecule has 2 N–H and O–H groups in total. The maximum Gasteiger partial charge on any atom is 0.247 e. The van der Waals surface area contributed by atoms with Gasteiger partial charge in [-0.3, -0.25) is 4.79 Å². The smallest absolute Gasteiger partial charge is 0.247 e. The van der Waals surface area contributed by atoms with Gasteiger partial charge in [-0.05, 0) is 30.9 Å². The van der Waals surface area contributed by atoms with Gasteiger partial charge in [0.1, 0.15) is 5.54 Å². The zero-order chi connectivity index (χ0) is 12.6. The number of amides is 1. The number of hydrogen-bond donors (Lipinski definition) is 1. The van der Waals surface area contributed by atoms with E-state index < -0.39 is 5.54 Å². The van der Waals surface area contributed by atoms with Crippen molar-refractivity contribution in [2.24, 2.45) is 5.73 Å². The number of rotatable bonds is 1. The van der Waals surface area contributed by atoms with Crippen LogP contribution in [-0.4, -0.2) is 31.2 Å². The molecule has 96 valence electrons. The highest BCUT2D eigenvalue weighted by atomic mass is 16.5. The molecule has 3 rings (SSSR count). The molecule has 2 heterocycles. The minimum atomic E-state index is -0.740. The van der Waals surface area contributed by atoms with Crippen LogP contribution in [0.3, 0.4) is 0 Å². The van der Waals surface area contributed by atoms with Gasteiger partial charge in [0, 0.05) is 25.4 Å². The van der Waals surface area contributed by atoms with E-state index in [0.29, 0.717) is 26.1 Å². The van der Waals surface area contributed by atoms with E-state index in [0.717, 1.165) is 18.7 Å². The molecular formula is C14H18N2O2. The lowest BCUT2D eigenvalue weighted by Crippen LogP contribution is -2.58. The van der Waals surface area contributed by atoms with Gasteiger partial charge in [-0.2, -0.15) is 0 Å². The number of nitrogens with zero attached hydrogens (tertiary/aromatic N) is 1. The van der Waals surface area contributed by atoms with E-state index in [1.54, 1.807) is 0 Å². The third-order valence-electron chi connectivity index (χ3n) is 3.94. The Morgan fingerprint density at radius 3 is 2.78 bits per heavy atom. The Morgan fingerprint density at radius 2 is 2.00 bits per heavy atom. The molecule has 4 heteroatoms. The van der Waals surface area contributed by atoms with Crippen LogP contribution in [0.25, 0.3) is 0 Å². The summed E-state index contributed by atoms with van der Waals surface area (Å²) in [5, 5.41) is 0. The lowest BCUT2D eigenvalue weighted by Gasteiger charge is -2.35. The van der Waals surface area contributed by atoms with Gasteiger partial charge in [0.25, 0.3) is 0 Å². The van der Waals surface area contributed by atoms with Crippen LogP contribution >= 0.6 is 0 Å². The average Bonchev–Trinajstić information content (AvgIpc) is 2.82. The number of carbonyl (C=O) groups excluding carboxylic acids is 1. The van der Waals surface area contributed by atoms with Crippen LogP contribution in [-0.2, 0) is 16.0 Å². The van der Waals surface area contributed by atoms with Gasteiger partial charge in [0.2, 0.25) is 5.91 Å². The van der Waals surface area contributed by atoms with Crippen LogP contribution in [0, 0.1) is 0 Å². The van der Waals surface area contributed by atoms with Crippen molar-refractivity contribution in [3.05, 3.63) is 29.8 Å². The first-order valence-corrected chi connectivity index (χ1v) is 6.47. The molecule has 1 amide bonds. The molecule has 0 aliphatic carbocycles. The van der Waals surface area contributed by atoms with E-state index in [9.17, 15) is 4.79 Å². The third kappa shape index (κ3) is 1.82. The van der Waals surface area contributed by atoms with Crippen LogP contribution in [0.15, 0.2) is 24.3 Å². The maximum atomic E-state index is 12.6. The normalized spacial score (nSPS) is 21.7. The maximum absolute atomic E-state index is 12.6. The standard InChI is InChI=1S/C14H18N2O2/c15-14(6-9-18-10-7-14)13(17)16-8-5-11-3-1-2-4-12(11)16/h1-4H,5-10,15H2. The van der Waals surface area contributed by atoms with Crippen molar-refractivity contribution in [1.82, 2.24) is 0 Å². The third-order valence-corrected chi connectivity index (χ3v) is 3.94. The number of ether oxygens (including phenoxy) is 1. The van der Waals surface area contributed by atoms with E-state index >= 15 is 0 Å². The highest BCUT2D eigenvalue weighted by molar-refractivity contribution is 6.01. The van der Waals surface area contributed by atoms with Crippen LogP contribution in [0.4, 0.5) is 5.69 Å². The van der Waals surface area contributed by atoms with Crippen molar-refractivity contribution in [2.45, 2.75) is 24.8 Å². The second-order valence-corrected chi connectivity index (χ2v) is 5.10. The molecule has 2 aliphatic rings. The van der Waals surface area contributed by atoms with Crippen molar-refractivity contribution < 1.29 is 9.53 Å². The number of fused-ring (bicyclic) bond motifs is 1. The molecule has 0 saturated carbocycles. The summed E-state index contributed by atoms with van der Waals surface area (Å²) in [4.78, 5) is 14.5. The van der Waals surface area contributed by atoms with Crippen molar-refractivity contribution >= 4 is 11.6 Å². The van der Waals surface area contributed by atoms with Crippen LogP contribution in [0.5, 0.6) is 0 Å². The van der Waals surface area contributed by atoms with Crippen molar-refractivity contribution in [3.63, 3.8) is 0 Å². The van der Waals surface area contributed by atoms with Crippen LogP contribution < -0.4 is 10.6 Å². The summed E-state index contributed by atoms with van der Waals surface area (Å²) in [5.41, 5.74) is 7.79. The van der Waals surface area contributed by atoms with Gasteiger partial charge in [0.15, 0.2) is 0 Å². The summed E-state index contributed by atoms with van der Waals surface area (Å²) < 4.78 is 5.30. The molecule has 0 radical (unpaired) electrons. The van der Waals surface area contributed by atoms with Crippen molar-refractivity contribution in [3.8, 4) is 0 Å². The SMILES string of the molecule is NC1(C(=O)N2CCc3ccccc32)CCOCC1. The molecule has 1 aromatic rings. The molecule has 0 aromatic heterocycles. The lowest BCUT2D eigenvalue weighted by atomic mass is 9.89. The Balaban J connectivity index is 1.86. The molecule has 0 atom stereocenters. The first-order chi connectivity index (χ1) is 8.71. The minimum absolute atomic E-state index is 0.0516. The molecule has 0 bridgehead atoms. The number of benzene rings is 1. The second-order valence-electron chi connectivity index (χ2n) is 5.10. The van der Waals surface area contributed by atoms with E-state index in [1.807, 2.05) is 23.1 Å². The number of nitrogens with two attached hydrogens (primary N) is 1. The molecule has 2 aliphatic heterocycles. The Hall–Kier alpha value is -1.39. The Morgan fingerprint density at radius 1 is 1.28 bits per heavy atom. The molecular weight excluding hydrogens is 228 g/mol. The summed E-state index contributed by atoms with van der Waals surface area (Å²) in [6.07, 6.45) is 2.16. The lowest BCUT2D eigenvalue weighted by molar-refractivity contribution is -0.126. The highest BCUT2D eigenvalue weighted by Crippen LogP contribution is 2.31. The van der Waals surface area contributed by atoms with Gasteiger partial charge < -0.3 is 15.4 Å². The van der Waals surface area contributed by atoms with Gasteiger partial charge in [0.05, 0.1) is 0 Å². The molecule has 1 saturated heterocycles. The first-order valence-electron chi connectivity index (χ1n) is 6.47. The van der Waals surface area contributed by atoms with E-state index in [2.05, 4.69) is 6.07 Å². The number of hydrogen-bond acceptors (Lipinski definition) is 3. The largest absolute Gasteiger partial charge is 0.381 e. The second kappa shape index (κ2) is 4.37. The minimum Gasteiger partial charge on any atom is -0.381 e. The molecule has 1 aromatic carbocycles. The monoisotopic (exact) mass is 246 g/mol. The first kappa shape index (κ1) is 11.7. The highest BCUT2D eigenvalue weighted by Gasteiger charge is 2.40. The van der Waals surface area contributed by atoms with Crippen molar-refractivity contribution in [1.29, 1.82) is 0 Å². The molecule has 0 spiro atoms. The van der Waals surface area contributed by atoms with Crippen LogP contribution in [0.2, 0.25) is 0 Å². The topological polar surface area (TPSA) is 55.6 Å². The predicted molar refractivity (Wildman–Crippen MR) is 69.5 cm³/mol.